The summed E-state index contributed by atoms with van der Waals surface area (Å²) in [6.07, 6.45) is -3.80. The first-order valence-corrected chi connectivity index (χ1v) is 8.47. The van der Waals surface area contributed by atoms with E-state index in [1.807, 2.05) is 0 Å². The van der Waals surface area contributed by atoms with Gasteiger partial charge in [-0.25, -0.2) is 4.98 Å². The molecule has 0 unspecified atom stereocenters. The third-order valence-corrected chi connectivity index (χ3v) is 4.95. The summed E-state index contributed by atoms with van der Waals surface area (Å²) in [5.74, 6) is 0. The molecule has 0 radical (unpaired) electrons. The summed E-state index contributed by atoms with van der Waals surface area (Å²) in [6, 6.07) is 7.86. The zero-order valence-electron chi connectivity index (χ0n) is 12.6. The number of aromatic nitrogens is 2. The highest BCUT2D eigenvalue weighted by molar-refractivity contribution is 7.62. The molecule has 0 saturated carbocycles. The summed E-state index contributed by atoms with van der Waals surface area (Å²) >= 11 is 0. The van der Waals surface area contributed by atoms with Gasteiger partial charge in [0.2, 0.25) is 0 Å². The Labute approximate surface area is 131 Å². The second-order valence-corrected chi connectivity index (χ2v) is 6.39. The minimum absolute atomic E-state index is 0.0627. The van der Waals surface area contributed by atoms with Gasteiger partial charge in [0.1, 0.15) is 6.33 Å². The van der Waals surface area contributed by atoms with Crippen molar-refractivity contribution in [3.8, 4) is 5.69 Å². The van der Waals surface area contributed by atoms with Crippen LogP contribution in [0.25, 0.3) is 5.69 Å². The first-order chi connectivity index (χ1) is 10.8. The summed E-state index contributed by atoms with van der Waals surface area (Å²) in [4.78, 5) is 3.70. The number of rotatable bonds is 6. The lowest BCUT2D eigenvalue weighted by Gasteiger charge is -2.18. The minimum atomic E-state index is -4.77. The molecule has 2 rings (SSSR count). The predicted molar refractivity (Wildman–Crippen MR) is 79.1 cm³/mol. The molecule has 0 amide bonds. The standard InChI is InChI=1S/C14H16F3N2O3P/c1-3-21-23(20,22-4-2)13-12(14(15,16)17)19(10-18-13)11-8-6-5-7-9-11/h5-10H,3-4H2,1-2H3. The van der Waals surface area contributed by atoms with Gasteiger partial charge in [-0.3, -0.25) is 9.13 Å². The molecule has 5 nitrogen and oxygen atoms in total. The van der Waals surface area contributed by atoms with Gasteiger partial charge in [0, 0.05) is 5.69 Å². The van der Waals surface area contributed by atoms with Crippen LogP contribution in [0.3, 0.4) is 0 Å². The summed E-state index contributed by atoms with van der Waals surface area (Å²) < 4.78 is 64.2. The van der Waals surface area contributed by atoms with E-state index in [1.165, 1.54) is 26.0 Å². The Balaban J connectivity index is 2.66. The zero-order valence-corrected chi connectivity index (χ0v) is 13.5. The molecule has 2 aromatic rings. The lowest BCUT2D eigenvalue weighted by Crippen LogP contribution is -2.24. The third kappa shape index (κ3) is 3.65. The topological polar surface area (TPSA) is 53.4 Å². The van der Waals surface area contributed by atoms with Crippen LogP contribution in [0.15, 0.2) is 36.7 Å². The lowest BCUT2D eigenvalue weighted by atomic mass is 10.3. The maximum absolute atomic E-state index is 13.5. The number of alkyl halides is 3. The molecule has 0 saturated heterocycles. The fourth-order valence-electron chi connectivity index (χ4n) is 2.09. The van der Waals surface area contributed by atoms with E-state index in [1.54, 1.807) is 18.2 Å². The molecule has 1 heterocycles. The van der Waals surface area contributed by atoms with Crippen LogP contribution in [0.4, 0.5) is 13.2 Å². The van der Waals surface area contributed by atoms with E-state index in [4.69, 9.17) is 9.05 Å². The third-order valence-electron chi connectivity index (χ3n) is 2.91. The van der Waals surface area contributed by atoms with Crippen molar-refractivity contribution in [3.05, 3.63) is 42.4 Å². The maximum Gasteiger partial charge on any atom is 0.434 e. The van der Waals surface area contributed by atoms with Crippen molar-refractivity contribution in [2.45, 2.75) is 20.0 Å². The number of nitrogens with zero attached hydrogens (tertiary/aromatic N) is 2. The maximum atomic E-state index is 13.5. The first kappa shape index (κ1) is 17.7. The normalized spacial score (nSPS) is 12.6. The average Bonchev–Trinajstić information content (AvgIpc) is 2.94. The molecule has 0 N–H and O–H groups in total. The molecule has 1 aromatic carbocycles. The van der Waals surface area contributed by atoms with Crippen molar-refractivity contribution >= 4 is 13.0 Å². The smallest absolute Gasteiger partial charge is 0.304 e. The molecular weight excluding hydrogens is 332 g/mol. The van der Waals surface area contributed by atoms with Crippen molar-refractivity contribution in [2.24, 2.45) is 0 Å². The van der Waals surface area contributed by atoms with Gasteiger partial charge >= 0.3 is 13.8 Å². The summed E-state index contributed by atoms with van der Waals surface area (Å²) in [5.41, 5.74) is -1.63. The fraction of sp³-hybridized carbons (Fsp3) is 0.357. The van der Waals surface area contributed by atoms with E-state index in [9.17, 15) is 17.7 Å². The minimum Gasteiger partial charge on any atom is -0.304 e. The van der Waals surface area contributed by atoms with E-state index in [-0.39, 0.29) is 18.9 Å². The van der Waals surface area contributed by atoms with Crippen LogP contribution in [0.2, 0.25) is 0 Å². The SMILES string of the molecule is CCOP(=O)(OCC)c1ncn(-c2ccccc2)c1C(F)(F)F. The predicted octanol–water partition coefficient (Wildman–Crippen LogP) is 3.78. The quantitative estimate of drug-likeness (QED) is 0.746. The van der Waals surface area contributed by atoms with Crippen molar-refractivity contribution < 1.29 is 26.8 Å². The number of hydrogen-bond donors (Lipinski definition) is 0. The van der Waals surface area contributed by atoms with Crippen LogP contribution < -0.4 is 5.44 Å². The van der Waals surface area contributed by atoms with Crippen molar-refractivity contribution in [1.82, 2.24) is 9.55 Å². The van der Waals surface area contributed by atoms with Crippen LogP contribution >= 0.6 is 7.60 Å². The van der Waals surface area contributed by atoms with Crippen LogP contribution in [-0.4, -0.2) is 22.8 Å². The average molecular weight is 348 g/mol. The molecular formula is C14H16F3N2O3P. The molecule has 0 fully saturated rings. The second-order valence-electron chi connectivity index (χ2n) is 4.45. The second kappa shape index (κ2) is 6.86. The lowest BCUT2D eigenvalue weighted by molar-refractivity contribution is -0.141. The van der Waals surface area contributed by atoms with Gasteiger partial charge in [-0.2, -0.15) is 13.2 Å². The Morgan fingerprint density at radius 3 is 2.17 bits per heavy atom. The molecule has 0 aliphatic rings. The highest BCUT2D eigenvalue weighted by Crippen LogP contribution is 2.49. The molecule has 0 atom stereocenters. The largest absolute Gasteiger partial charge is 0.434 e. The first-order valence-electron chi connectivity index (χ1n) is 6.93. The number of benzene rings is 1. The summed E-state index contributed by atoms with van der Waals surface area (Å²) in [5, 5.41) is 0. The van der Waals surface area contributed by atoms with E-state index in [2.05, 4.69) is 4.98 Å². The Bertz CT molecular complexity index is 691. The van der Waals surface area contributed by atoms with Crippen molar-refractivity contribution in [2.75, 3.05) is 13.2 Å². The van der Waals surface area contributed by atoms with Crippen LogP contribution in [0.1, 0.15) is 19.5 Å². The van der Waals surface area contributed by atoms with Gasteiger partial charge < -0.3 is 9.05 Å². The van der Waals surface area contributed by atoms with Gasteiger partial charge in [-0.1, -0.05) is 18.2 Å². The highest BCUT2D eigenvalue weighted by atomic mass is 31.2. The van der Waals surface area contributed by atoms with Gasteiger partial charge in [-0.15, -0.1) is 0 Å². The van der Waals surface area contributed by atoms with Crippen molar-refractivity contribution in [1.29, 1.82) is 0 Å². The summed E-state index contributed by atoms with van der Waals surface area (Å²) in [6.45, 7) is 2.92. The Morgan fingerprint density at radius 2 is 1.70 bits per heavy atom. The van der Waals surface area contributed by atoms with Crippen LogP contribution in [-0.2, 0) is 19.8 Å². The Morgan fingerprint density at radius 1 is 1.13 bits per heavy atom. The van der Waals surface area contributed by atoms with E-state index in [0.717, 1.165) is 10.9 Å². The van der Waals surface area contributed by atoms with Gasteiger partial charge in [-0.05, 0) is 26.0 Å². The molecule has 9 heteroatoms. The summed E-state index contributed by atoms with van der Waals surface area (Å²) in [7, 11) is -4.16. The van der Waals surface area contributed by atoms with E-state index >= 15 is 0 Å². The Kier molecular flexibility index (Phi) is 5.29. The monoisotopic (exact) mass is 348 g/mol. The van der Waals surface area contributed by atoms with Crippen LogP contribution in [0.5, 0.6) is 0 Å². The van der Waals surface area contributed by atoms with Gasteiger partial charge in [0.25, 0.3) is 0 Å². The molecule has 126 valence electrons. The molecule has 23 heavy (non-hydrogen) atoms. The number of halogens is 3. The highest BCUT2D eigenvalue weighted by Gasteiger charge is 2.46. The van der Waals surface area contributed by atoms with Crippen molar-refractivity contribution in [3.63, 3.8) is 0 Å². The molecule has 0 bridgehead atoms. The Hall–Kier alpha value is -1.63. The number of hydrogen-bond acceptors (Lipinski definition) is 4. The van der Waals surface area contributed by atoms with Gasteiger partial charge in [0.05, 0.1) is 13.2 Å². The molecule has 0 aliphatic carbocycles. The fourth-order valence-corrected chi connectivity index (χ4v) is 3.77. The van der Waals surface area contributed by atoms with Gasteiger partial charge in [0.15, 0.2) is 11.1 Å². The number of imidazole rings is 1. The molecule has 1 aromatic heterocycles. The number of para-hydroxylation sites is 1. The molecule has 0 aliphatic heterocycles. The van der Waals surface area contributed by atoms with E-state index < -0.39 is 24.9 Å². The van der Waals surface area contributed by atoms with E-state index in [0.29, 0.717) is 0 Å². The van der Waals surface area contributed by atoms with Crippen LogP contribution in [0, 0.1) is 0 Å². The molecule has 0 spiro atoms. The zero-order chi connectivity index (χ0) is 17.1.